The third-order valence-electron chi connectivity index (χ3n) is 3.37. The van der Waals surface area contributed by atoms with E-state index in [-0.39, 0.29) is 11.8 Å². The van der Waals surface area contributed by atoms with Gasteiger partial charge in [-0.1, -0.05) is 12.1 Å². The van der Waals surface area contributed by atoms with Crippen LogP contribution in [0.3, 0.4) is 0 Å². The van der Waals surface area contributed by atoms with Gasteiger partial charge in [-0.05, 0) is 37.1 Å². The summed E-state index contributed by atoms with van der Waals surface area (Å²) in [4.78, 5) is 23.6. The molecule has 4 N–H and O–H groups in total. The summed E-state index contributed by atoms with van der Waals surface area (Å²) in [7, 11) is 0. The molecule has 0 saturated carbocycles. The van der Waals surface area contributed by atoms with Crippen molar-refractivity contribution >= 4 is 17.5 Å². The molecule has 0 bridgehead atoms. The highest BCUT2D eigenvalue weighted by Gasteiger charge is 2.11. The largest absolute Gasteiger partial charge is 0.459 e. The van der Waals surface area contributed by atoms with Gasteiger partial charge in [0.1, 0.15) is 0 Å². The van der Waals surface area contributed by atoms with Gasteiger partial charge in [0.05, 0.1) is 12.7 Å². The molecule has 2 amide bonds. The Kier molecular flexibility index (Phi) is 5.80. The fourth-order valence-corrected chi connectivity index (χ4v) is 2.09. The summed E-state index contributed by atoms with van der Waals surface area (Å²) in [6.07, 6.45) is 2.46. The summed E-state index contributed by atoms with van der Waals surface area (Å²) in [6.45, 7) is 2.79. The molecular weight excluding hydrogens is 294 g/mol. The molecule has 6 nitrogen and oxygen atoms in total. The lowest BCUT2D eigenvalue weighted by Crippen LogP contribution is -2.30. The van der Waals surface area contributed by atoms with E-state index in [4.69, 9.17) is 10.2 Å². The number of carbonyl (C=O) groups excluding carboxylic acids is 2. The average molecular weight is 315 g/mol. The molecule has 6 heteroatoms. The highest BCUT2D eigenvalue weighted by Crippen LogP contribution is 2.08. The number of rotatable bonds is 7. The Morgan fingerprint density at radius 1 is 1.09 bits per heavy atom. The van der Waals surface area contributed by atoms with E-state index in [1.54, 1.807) is 18.2 Å². The van der Waals surface area contributed by atoms with Gasteiger partial charge in [-0.15, -0.1) is 0 Å². The molecule has 0 atom stereocenters. The molecule has 0 saturated heterocycles. The number of hydrogen-bond acceptors (Lipinski definition) is 4. The quantitative estimate of drug-likeness (QED) is 0.534. The lowest BCUT2D eigenvalue weighted by Gasteiger charge is -2.07. The summed E-state index contributed by atoms with van der Waals surface area (Å²) in [6, 6.07) is 8.96. The van der Waals surface area contributed by atoms with Crippen LogP contribution in [0.1, 0.15) is 28.1 Å². The number of anilines is 1. The van der Waals surface area contributed by atoms with Crippen molar-refractivity contribution < 1.29 is 14.0 Å². The molecule has 0 aliphatic heterocycles. The van der Waals surface area contributed by atoms with Crippen molar-refractivity contribution in [1.82, 2.24) is 10.6 Å². The molecule has 0 fully saturated rings. The van der Waals surface area contributed by atoms with Gasteiger partial charge in [-0.25, -0.2) is 0 Å². The second-order valence-corrected chi connectivity index (χ2v) is 5.31. The van der Waals surface area contributed by atoms with E-state index in [1.165, 1.54) is 6.26 Å². The smallest absolute Gasteiger partial charge is 0.287 e. The summed E-state index contributed by atoms with van der Waals surface area (Å²) in [5, 5.41) is 5.58. The fraction of sp³-hybridized carbons (Fsp3) is 0.294. The van der Waals surface area contributed by atoms with Crippen LogP contribution in [0, 0.1) is 6.92 Å². The third kappa shape index (κ3) is 5.18. The van der Waals surface area contributed by atoms with E-state index in [0.29, 0.717) is 37.4 Å². The van der Waals surface area contributed by atoms with Crippen LogP contribution in [0.5, 0.6) is 0 Å². The van der Waals surface area contributed by atoms with Crippen LogP contribution in [-0.2, 0) is 11.2 Å². The molecule has 23 heavy (non-hydrogen) atoms. The van der Waals surface area contributed by atoms with E-state index in [0.717, 1.165) is 11.1 Å². The summed E-state index contributed by atoms with van der Waals surface area (Å²) in [5.74, 6) is 0.0427. The molecule has 0 aliphatic carbocycles. The predicted molar refractivity (Wildman–Crippen MR) is 88.0 cm³/mol. The van der Waals surface area contributed by atoms with Gasteiger partial charge in [-0.2, -0.15) is 0 Å². The minimum atomic E-state index is -0.235. The van der Waals surface area contributed by atoms with E-state index in [9.17, 15) is 9.59 Å². The Morgan fingerprint density at radius 2 is 1.78 bits per heavy atom. The summed E-state index contributed by atoms with van der Waals surface area (Å²) < 4.78 is 5.11. The monoisotopic (exact) mass is 315 g/mol. The second-order valence-electron chi connectivity index (χ2n) is 5.31. The molecule has 0 aliphatic rings. The summed E-state index contributed by atoms with van der Waals surface area (Å²) >= 11 is 0. The van der Waals surface area contributed by atoms with E-state index in [2.05, 4.69) is 10.6 Å². The average Bonchev–Trinajstić information content (AvgIpc) is 2.95. The Hall–Kier alpha value is -2.76. The van der Waals surface area contributed by atoms with Crippen molar-refractivity contribution in [3.8, 4) is 0 Å². The van der Waals surface area contributed by atoms with Crippen LogP contribution in [0.15, 0.2) is 41.0 Å². The first-order valence-electron chi connectivity index (χ1n) is 7.49. The Labute approximate surface area is 135 Å². The zero-order chi connectivity index (χ0) is 16.7. The van der Waals surface area contributed by atoms with Gasteiger partial charge >= 0.3 is 0 Å². The molecule has 1 aromatic carbocycles. The van der Waals surface area contributed by atoms with Crippen LogP contribution >= 0.6 is 0 Å². The molecule has 0 spiro atoms. The number of benzene rings is 1. The lowest BCUT2D eigenvalue weighted by molar-refractivity contribution is -0.120. The van der Waals surface area contributed by atoms with Gasteiger partial charge in [0.2, 0.25) is 5.91 Å². The number of furan rings is 1. The van der Waals surface area contributed by atoms with Gasteiger partial charge < -0.3 is 20.8 Å². The van der Waals surface area contributed by atoms with Gasteiger partial charge in [0.25, 0.3) is 5.91 Å². The van der Waals surface area contributed by atoms with Gasteiger partial charge in [-0.3, -0.25) is 9.59 Å². The van der Waals surface area contributed by atoms with Crippen LogP contribution < -0.4 is 16.4 Å². The molecule has 1 aromatic heterocycles. The minimum Gasteiger partial charge on any atom is -0.459 e. The molecule has 122 valence electrons. The van der Waals surface area contributed by atoms with Crippen LogP contribution in [0.25, 0.3) is 0 Å². The number of nitrogens with one attached hydrogen (secondary N) is 2. The van der Waals surface area contributed by atoms with Crippen molar-refractivity contribution in [2.24, 2.45) is 0 Å². The first kappa shape index (κ1) is 16.6. The second kappa shape index (κ2) is 8.03. The topological polar surface area (TPSA) is 97.4 Å². The Bertz CT molecular complexity index is 662. The normalized spacial score (nSPS) is 10.3. The van der Waals surface area contributed by atoms with Gasteiger partial charge in [0.15, 0.2) is 5.76 Å². The van der Waals surface area contributed by atoms with Crippen molar-refractivity contribution in [3.63, 3.8) is 0 Å². The fourth-order valence-electron chi connectivity index (χ4n) is 2.09. The molecule has 2 aromatic rings. The van der Waals surface area contributed by atoms with E-state index < -0.39 is 0 Å². The molecule has 0 radical (unpaired) electrons. The number of nitrogen functional groups attached to an aromatic ring is 1. The maximum atomic E-state index is 11.8. The number of hydrogen-bond donors (Lipinski definition) is 3. The van der Waals surface area contributed by atoms with Crippen molar-refractivity contribution in [2.45, 2.75) is 19.8 Å². The number of carbonyl (C=O) groups is 2. The standard InChI is InChI=1S/C17H21N3O3/c1-12-7-10-23-16(12)17(22)20-9-2-8-19-15(21)11-13-3-5-14(18)6-4-13/h3-7,10H,2,8-9,11,18H2,1H3,(H,19,21)(H,20,22). The molecule has 0 unspecified atom stereocenters. The molecule has 1 heterocycles. The van der Waals surface area contributed by atoms with Crippen LogP contribution in [0.2, 0.25) is 0 Å². The van der Waals surface area contributed by atoms with Crippen LogP contribution in [0.4, 0.5) is 5.69 Å². The first-order valence-corrected chi connectivity index (χ1v) is 7.49. The highest BCUT2D eigenvalue weighted by molar-refractivity contribution is 5.92. The Balaban J connectivity index is 1.61. The number of aryl methyl sites for hydroxylation is 1. The predicted octanol–water partition coefficient (Wildman–Crippen LogP) is 1.65. The SMILES string of the molecule is Cc1ccoc1C(=O)NCCCNC(=O)Cc1ccc(N)cc1. The van der Waals surface area contributed by atoms with Crippen LogP contribution in [-0.4, -0.2) is 24.9 Å². The third-order valence-corrected chi connectivity index (χ3v) is 3.37. The van der Waals surface area contributed by atoms with Crippen molar-refractivity contribution in [1.29, 1.82) is 0 Å². The highest BCUT2D eigenvalue weighted by atomic mass is 16.3. The first-order chi connectivity index (χ1) is 11.1. The maximum Gasteiger partial charge on any atom is 0.287 e. The zero-order valence-electron chi connectivity index (χ0n) is 13.1. The summed E-state index contributed by atoms with van der Waals surface area (Å²) in [5.41, 5.74) is 8.00. The zero-order valence-corrected chi connectivity index (χ0v) is 13.1. The Morgan fingerprint density at radius 3 is 2.43 bits per heavy atom. The van der Waals surface area contributed by atoms with Crippen molar-refractivity contribution in [2.75, 3.05) is 18.8 Å². The minimum absolute atomic E-state index is 0.0528. The van der Waals surface area contributed by atoms with E-state index in [1.807, 2.05) is 19.1 Å². The number of amides is 2. The lowest BCUT2D eigenvalue weighted by atomic mass is 10.1. The number of nitrogens with two attached hydrogens (primary N) is 1. The molecule has 2 rings (SSSR count). The molecular formula is C17H21N3O3. The van der Waals surface area contributed by atoms with Crippen molar-refractivity contribution in [3.05, 3.63) is 53.5 Å². The van der Waals surface area contributed by atoms with Gasteiger partial charge in [0, 0.05) is 24.3 Å². The maximum absolute atomic E-state index is 11.8. The van der Waals surface area contributed by atoms with E-state index >= 15 is 0 Å².